The maximum absolute atomic E-state index is 12.5. The molecule has 1 aromatic rings. The number of hydrogen-bond donors (Lipinski definition) is 2. The summed E-state index contributed by atoms with van der Waals surface area (Å²) in [6.45, 7) is 4.36. The third-order valence-electron chi connectivity index (χ3n) is 4.02. The first kappa shape index (κ1) is 20.8. The SMILES string of the molecule is CCNC(=O)NC(=O)[C@@H](C)OC(=O)c1ccc(S(=O)(=O)N2CCCC2)cc1. The van der Waals surface area contributed by atoms with E-state index in [1.807, 2.05) is 5.32 Å². The molecule has 1 heterocycles. The molecule has 0 bridgehead atoms. The molecule has 10 heteroatoms. The van der Waals surface area contributed by atoms with Crippen LogP contribution in [0.5, 0.6) is 0 Å². The van der Waals surface area contributed by atoms with Crippen LogP contribution in [-0.2, 0) is 19.6 Å². The number of nitrogens with zero attached hydrogens (tertiary/aromatic N) is 1. The highest BCUT2D eigenvalue weighted by Crippen LogP contribution is 2.21. The average Bonchev–Trinajstić information content (AvgIpc) is 3.17. The predicted molar refractivity (Wildman–Crippen MR) is 96.5 cm³/mol. The van der Waals surface area contributed by atoms with E-state index >= 15 is 0 Å². The molecule has 2 rings (SSSR count). The van der Waals surface area contributed by atoms with Gasteiger partial charge in [-0.05, 0) is 51.0 Å². The molecule has 3 amide bonds. The van der Waals surface area contributed by atoms with E-state index in [2.05, 4.69) is 5.32 Å². The lowest BCUT2D eigenvalue weighted by molar-refractivity contribution is -0.127. The van der Waals surface area contributed by atoms with Crippen molar-refractivity contribution in [1.82, 2.24) is 14.9 Å². The minimum Gasteiger partial charge on any atom is -0.449 e. The van der Waals surface area contributed by atoms with E-state index in [0.717, 1.165) is 12.8 Å². The minimum atomic E-state index is -3.56. The molecule has 1 fully saturated rings. The number of sulfonamides is 1. The quantitative estimate of drug-likeness (QED) is 0.687. The van der Waals surface area contributed by atoms with E-state index in [4.69, 9.17) is 4.74 Å². The van der Waals surface area contributed by atoms with Gasteiger partial charge in [0, 0.05) is 19.6 Å². The zero-order valence-electron chi connectivity index (χ0n) is 15.2. The van der Waals surface area contributed by atoms with Crippen LogP contribution >= 0.6 is 0 Å². The van der Waals surface area contributed by atoms with Crippen molar-refractivity contribution in [1.29, 1.82) is 0 Å². The molecule has 148 valence electrons. The number of esters is 1. The van der Waals surface area contributed by atoms with Gasteiger partial charge in [0.1, 0.15) is 0 Å². The summed E-state index contributed by atoms with van der Waals surface area (Å²) in [4.78, 5) is 35.3. The van der Waals surface area contributed by atoms with Crippen molar-refractivity contribution in [2.45, 2.75) is 37.7 Å². The fourth-order valence-electron chi connectivity index (χ4n) is 2.54. The van der Waals surface area contributed by atoms with E-state index < -0.39 is 34.0 Å². The molecule has 9 nitrogen and oxygen atoms in total. The van der Waals surface area contributed by atoms with E-state index in [0.29, 0.717) is 19.6 Å². The van der Waals surface area contributed by atoms with Crippen LogP contribution in [0.3, 0.4) is 0 Å². The zero-order chi connectivity index (χ0) is 20.0. The van der Waals surface area contributed by atoms with Crippen molar-refractivity contribution < 1.29 is 27.5 Å². The number of rotatable bonds is 6. The zero-order valence-corrected chi connectivity index (χ0v) is 16.0. The number of benzene rings is 1. The third kappa shape index (κ3) is 5.27. The monoisotopic (exact) mass is 397 g/mol. The molecule has 0 saturated carbocycles. The lowest BCUT2D eigenvalue weighted by atomic mass is 10.2. The molecular weight excluding hydrogens is 374 g/mol. The number of carbonyl (C=O) groups is 3. The summed E-state index contributed by atoms with van der Waals surface area (Å²) in [5.74, 6) is -1.55. The summed E-state index contributed by atoms with van der Waals surface area (Å²) in [5, 5.41) is 4.43. The topological polar surface area (TPSA) is 122 Å². The van der Waals surface area contributed by atoms with Gasteiger partial charge < -0.3 is 10.1 Å². The second-order valence-electron chi connectivity index (χ2n) is 6.03. The molecule has 1 aromatic carbocycles. The van der Waals surface area contributed by atoms with Gasteiger partial charge in [0.2, 0.25) is 10.0 Å². The minimum absolute atomic E-state index is 0.1000. The highest BCUT2D eigenvalue weighted by molar-refractivity contribution is 7.89. The molecular formula is C17H23N3O6S. The van der Waals surface area contributed by atoms with Crippen LogP contribution in [0.15, 0.2) is 29.2 Å². The summed E-state index contributed by atoms with van der Waals surface area (Å²) in [6, 6.07) is 4.66. The van der Waals surface area contributed by atoms with Gasteiger partial charge in [-0.25, -0.2) is 18.0 Å². The lowest BCUT2D eigenvalue weighted by Crippen LogP contribution is -2.44. The van der Waals surface area contributed by atoms with Gasteiger partial charge in [0.15, 0.2) is 6.10 Å². The van der Waals surface area contributed by atoms with Crippen molar-refractivity contribution in [3.8, 4) is 0 Å². The number of imide groups is 1. The van der Waals surface area contributed by atoms with E-state index in [1.165, 1.54) is 35.5 Å². The van der Waals surface area contributed by atoms with Gasteiger partial charge in [-0.2, -0.15) is 4.31 Å². The average molecular weight is 397 g/mol. The number of carbonyl (C=O) groups excluding carboxylic acids is 3. The first-order chi connectivity index (χ1) is 12.8. The molecule has 1 aliphatic rings. The smallest absolute Gasteiger partial charge is 0.338 e. The Morgan fingerprint density at radius 3 is 2.30 bits per heavy atom. The number of nitrogens with one attached hydrogen (secondary N) is 2. The molecule has 1 aliphatic heterocycles. The predicted octanol–water partition coefficient (Wildman–Crippen LogP) is 0.862. The molecule has 1 atom stereocenters. The fraction of sp³-hybridized carbons (Fsp3) is 0.471. The Labute approximate surface area is 158 Å². The molecule has 0 radical (unpaired) electrons. The summed E-state index contributed by atoms with van der Waals surface area (Å²) in [6.07, 6.45) is 0.479. The molecule has 0 spiro atoms. The second-order valence-corrected chi connectivity index (χ2v) is 7.97. The van der Waals surface area contributed by atoms with Crippen molar-refractivity contribution in [3.63, 3.8) is 0 Å². The molecule has 1 saturated heterocycles. The van der Waals surface area contributed by atoms with Crippen LogP contribution in [0.2, 0.25) is 0 Å². The Morgan fingerprint density at radius 1 is 1.15 bits per heavy atom. The fourth-order valence-corrected chi connectivity index (χ4v) is 4.06. The largest absolute Gasteiger partial charge is 0.449 e. The van der Waals surface area contributed by atoms with E-state index in [1.54, 1.807) is 6.92 Å². The van der Waals surface area contributed by atoms with E-state index in [9.17, 15) is 22.8 Å². The Hall–Kier alpha value is -2.46. The number of hydrogen-bond acceptors (Lipinski definition) is 6. The van der Waals surface area contributed by atoms with Gasteiger partial charge >= 0.3 is 12.0 Å². The van der Waals surface area contributed by atoms with E-state index in [-0.39, 0.29) is 10.5 Å². The first-order valence-electron chi connectivity index (χ1n) is 8.65. The Balaban J connectivity index is 1.99. The second kappa shape index (κ2) is 8.96. The Kier molecular flexibility index (Phi) is 6.92. The first-order valence-corrected chi connectivity index (χ1v) is 10.1. The van der Waals surface area contributed by atoms with Gasteiger partial charge in [-0.3, -0.25) is 10.1 Å². The van der Waals surface area contributed by atoms with Crippen molar-refractivity contribution in [3.05, 3.63) is 29.8 Å². The normalized spacial score (nSPS) is 15.8. The number of amides is 3. The van der Waals surface area contributed by atoms with Gasteiger partial charge in [0.25, 0.3) is 5.91 Å². The highest BCUT2D eigenvalue weighted by atomic mass is 32.2. The van der Waals surface area contributed by atoms with Gasteiger partial charge in [-0.15, -0.1) is 0 Å². The van der Waals surface area contributed by atoms with Crippen molar-refractivity contribution in [2.24, 2.45) is 0 Å². The molecule has 2 N–H and O–H groups in total. The molecule has 0 aromatic heterocycles. The van der Waals surface area contributed by atoms with Crippen LogP contribution < -0.4 is 10.6 Å². The third-order valence-corrected chi connectivity index (χ3v) is 5.93. The van der Waals surface area contributed by atoms with Gasteiger partial charge in [-0.1, -0.05) is 0 Å². The number of urea groups is 1. The van der Waals surface area contributed by atoms with Crippen LogP contribution in [0.1, 0.15) is 37.0 Å². The van der Waals surface area contributed by atoms with Crippen molar-refractivity contribution in [2.75, 3.05) is 19.6 Å². The molecule has 27 heavy (non-hydrogen) atoms. The molecule has 0 aliphatic carbocycles. The highest BCUT2D eigenvalue weighted by Gasteiger charge is 2.27. The maximum atomic E-state index is 12.5. The Morgan fingerprint density at radius 2 is 1.74 bits per heavy atom. The Bertz CT molecular complexity index is 800. The number of ether oxygens (including phenoxy) is 1. The van der Waals surface area contributed by atoms with Crippen LogP contribution in [0, 0.1) is 0 Å². The summed E-state index contributed by atoms with van der Waals surface area (Å²) in [7, 11) is -3.56. The van der Waals surface area contributed by atoms with Crippen molar-refractivity contribution >= 4 is 27.9 Å². The summed E-state index contributed by atoms with van der Waals surface area (Å²) < 4.78 is 31.3. The van der Waals surface area contributed by atoms with Crippen LogP contribution in [0.25, 0.3) is 0 Å². The molecule has 0 unspecified atom stereocenters. The van der Waals surface area contributed by atoms with Crippen LogP contribution in [-0.4, -0.2) is 56.4 Å². The maximum Gasteiger partial charge on any atom is 0.338 e. The lowest BCUT2D eigenvalue weighted by Gasteiger charge is -2.16. The summed E-state index contributed by atoms with van der Waals surface area (Å²) >= 11 is 0. The summed E-state index contributed by atoms with van der Waals surface area (Å²) in [5.41, 5.74) is 0.105. The van der Waals surface area contributed by atoms with Crippen LogP contribution in [0.4, 0.5) is 4.79 Å². The van der Waals surface area contributed by atoms with Gasteiger partial charge in [0.05, 0.1) is 10.5 Å². The standard InChI is InChI=1S/C17H23N3O6S/c1-3-18-17(23)19-15(21)12(2)26-16(22)13-6-8-14(9-7-13)27(24,25)20-10-4-5-11-20/h6-9,12H,3-5,10-11H2,1-2H3,(H2,18,19,21,23)/t12-/m1/s1.